The summed E-state index contributed by atoms with van der Waals surface area (Å²) in [6.45, 7) is 5.09. The zero-order valence-corrected chi connectivity index (χ0v) is 6.80. The second-order valence-corrected chi connectivity index (χ2v) is 3.13. The van der Waals surface area contributed by atoms with Gasteiger partial charge in [0.25, 0.3) is 0 Å². The summed E-state index contributed by atoms with van der Waals surface area (Å²) in [6, 6.07) is 0. The van der Waals surface area contributed by atoms with E-state index in [2.05, 4.69) is 4.99 Å². The van der Waals surface area contributed by atoms with Gasteiger partial charge in [0.05, 0.1) is 6.10 Å². The first-order valence-electron chi connectivity index (χ1n) is 3.88. The third kappa shape index (κ3) is 1.29. The third-order valence-corrected chi connectivity index (χ3v) is 2.25. The van der Waals surface area contributed by atoms with E-state index in [0.717, 1.165) is 11.8 Å². The Labute approximate surface area is 75.2 Å². The molecule has 68 valence electrons. The van der Waals surface area contributed by atoms with Crippen molar-refractivity contribution in [2.45, 2.75) is 18.1 Å². The molecule has 1 aliphatic carbocycles. The van der Waals surface area contributed by atoms with Crippen molar-refractivity contribution in [1.29, 1.82) is 0 Å². The van der Waals surface area contributed by atoms with Crippen LogP contribution in [-0.4, -0.2) is 29.5 Å². The number of aliphatic imine (C=N–C) groups is 1. The van der Waals surface area contributed by atoms with Crippen LogP contribution in [0.3, 0.4) is 0 Å². The SMILES string of the molecule is [CH-]=NC1=CC2OC2(/C=C/C(=O)O)C1. The highest BCUT2D eigenvalue weighted by molar-refractivity contribution is 5.80. The van der Waals surface area contributed by atoms with Gasteiger partial charge in [-0.25, -0.2) is 4.79 Å². The van der Waals surface area contributed by atoms with Gasteiger partial charge in [-0.05, 0) is 12.5 Å². The molecule has 13 heavy (non-hydrogen) atoms. The first kappa shape index (κ1) is 8.19. The Hall–Kier alpha value is -1.42. The summed E-state index contributed by atoms with van der Waals surface area (Å²) < 4.78 is 5.28. The summed E-state index contributed by atoms with van der Waals surface area (Å²) in [5.74, 6) is -0.971. The lowest BCUT2D eigenvalue weighted by Gasteiger charge is -2.07. The first-order chi connectivity index (χ1) is 6.16. The lowest BCUT2D eigenvalue weighted by Crippen LogP contribution is -2.07. The van der Waals surface area contributed by atoms with Crippen LogP contribution in [0.1, 0.15) is 6.42 Å². The Bertz CT molecular complexity index is 332. The van der Waals surface area contributed by atoms with Crippen molar-refractivity contribution in [2.75, 3.05) is 0 Å². The van der Waals surface area contributed by atoms with Gasteiger partial charge in [-0.15, -0.1) is 11.8 Å². The molecule has 0 aromatic carbocycles. The quantitative estimate of drug-likeness (QED) is 0.298. The molecular weight excluding hydrogens is 170 g/mol. The van der Waals surface area contributed by atoms with Crippen LogP contribution in [0.25, 0.3) is 0 Å². The van der Waals surface area contributed by atoms with Crippen LogP contribution in [0, 0.1) is 0 Å². The summed E-state index contributed by atoms with van der Waals surface area (Å²) in [7, 11) is 0. The smallest absolute Gasteiger partial charge is 0.328 e. The van der Waals surface area contributed by atoms with Gasteiger partial charge in [-0.3, -0.25) is 0 Å². The highest BCUT2D eigenvalue weighted by atomic mass is 16.6. The van der Waals surface area contributed by atoms with E-state index in [4.69, 9.17) is 16.6 Å². The second kappa shape index (κ2) is 2.53. The maximum absolute atomic E-state index is 10.3. The van der Waals surface area contributed by atoms with Gasteiger partial charge in [-0.1, -0.05) is 0 Å². The molecule has 0 bridgehead atoms. The monoisotopic (exact) mass is 178 g/mol. The molecule has 1 aliphatic heterocycles. The molecule has 0 radical (unpaired) electrons. The molecule has 1 fully saturated rings. The second-order valence-electron chi connectivity index (χ2n) is 3.13. The van der Waals surface area contributed by atoms with E-state index in [1.165, 1.54) is 0 Å². The van der Waals surface area contributed by atoms with E-state index in [9.17, 15) is 4.79 Å². The van der Waals surface area contributed by atoms with Crippen LogP contribution < -0.4 is 0 Å². The fraction of sp³-hybridized carbons (Fsp3) is 0.333. The minimum absolute atomic E-state index is 0.0367. The number of carbonyl (C=O) groups is 1. The van der Waals surface area contributed by atoms with Crippen molar-refractivity contribution in [2.24, 2.45) is 4.99 Å². The standard InChI is InChI=1S/C9H8NO3/c1-10-6-4-7-9(5-6,13-7)3-2-8(11)12/h1-4,7H,5H2,(H,11,12)/q-1/b3-2+. The van der Waals surface area contributed by atoms with Crippen molar-refractivity contribution in [1.82, 2.24) is 0 Å². The number of nitrogens with zero attached hydrogens (tertiary/aromatic N) is 1. The average Bonchev–Trinajstić information content (AvgIpc) is 2.66. The molecule has 0 saturated carbocycles. The average molecular weight is 178 g/mol. The molecule has 0 amide bonds. The number of ether oxygens (including phenoxy) is 1. The van der Waals surface area contributed by atoms with Crippen LogP contribution >= 0.6 is 0 Å². The predicted molar refractivity (Wildman–Crippen MR) is 45.6 cm³/mol. The Balaban J connectivity index is 2.06. The molecule has 2 aliphatic rings. The van der Waals surface area contributed by atoms with Crippen LogP contribution in [0.4, 0.5) is 0 Å². The summed E-state index contributed by atoms with van der Waals surface area (Å²) >= 11 is 0. The summed E-state index contributed by atoms with van der Waals surface area (Å²) in [6.07, 6.45) is 4.98. The van der Waals surface area contributed by atoms with Crippen LogP contribution in [0.5, 0.6) is 0 Å². The van der Waals surface area contributed by atoms with E-state index < -0.39 is 11.6 Å². The number of carboxylic acids is 1. The van der Waals surface area contributed by atoms with Crippen LogP contribution in [0.15, 0.2) is 28.9 Å². The molecule has 0 aromatic heterocycles. The summed E-state index contributed by atoms with van der Waals surface area (Å²) in [4.78, 5) is 13.8. The van der Waals surface area contributed by atoms with Crippen molar-refractivity contribution in [3.05, 3.63) is 23.9 Å². The Morgan fingerprint density at radius 2 is 2.69 bits per heavy atom. The molecule has 1 N–H and O–H groups in total. The highest BCUT2D eigenvalue weighted by Gasteiger charge is 2.54. The largest absolute Gasteiger partial charge is 0.478 e. The van der Waals surface area contributed by atoms with Crippen LogP contribution in [0.2, 0.25) is 0 Å². The number of aliphatic carboxylic acids is 1. The Kier molecular flexibility index (Phi) is 1.60. The van der Waals surface area contributed by atoms with Gasteiger partial charge in [0.2, 0.25) is 0 Å². The summed E-state index contributed by atoms with van der Waals surface area (Å²) in [5.41, 5.74) is 0.308. The van der Waals surface area contributed by atoms with E-state index in [-0.39, 0.29) is 6.10 Å². The van der Waals surface area contributed by atoms with Crippen molar-refractivity contribution in [3.8, 4) is 0 Å². The zero-order chi connectivity index (χ0) is 9.47. The number of rotatable bonds is 3. The molecule has 2 atom stereocenters. The van der Waals surface area contributed by atoms with Gasteiger partial charge in [0.1, 0.15) is 5.60 Å². The molecular formula is C9H8NO3-. The van der Waals surface area contributed by atoms with E-state index >= 15 is 0 Å². The lowest BCUT2D eigenvalue weighted by molar-refractivity contribution is -0.131. The molecule has 2 rings (SSSR count). The number of epoxide rings is 1. The van der Waals surface area contributed by atoms with Crippen molar-refractivity contribution < 1.29 is 14.6 Å². The number of fused-ring (bicyclic) bond motifs is 1. The zero-order valence-electron chi connectivity index (χ0n) is 6.80. The van der Waals surface area contributed by atoms with Gasteiger partial charge >= 0.3 is 5.97 Å². The lowest BCUT2D eigenvalue weighted by atomic mass is 10.1. The number of carboxylic acid groups (broad SMARTS) is 1. The molecule has 2 unspecified atom stereocenters. The van der Waals surface area contributed by atoms with Crippen LogP contribution in [-0.2, 0) is 9.53 Å². The molecule has 0 spiro atoms. The van der Waals surface area contributed by atoms with Gasteiger partial charge in [-0.2, -0.15) is 6.72 Å². The topological polar surface area (TPSA) is 62.2 Å². The summed E-state index contributed by atoms with van der Waals surface area (Å²) in [5, 5.41) is 8.42. The van der Waals surface area contributed by atoms with E-state index in [0.29, 0.717) is 6.42 Å². The minimum atomic E-state index is -0.971. The normalized spacial score (nSPS) is 35.7. The molecule has 4 nitrogen and oxygen atoms in total. The molecule has 1 saturated heterocycles. The van der Waals surface area contributed by atoms with Gasteiger partial charge in [0.15, 0.2) is 0 Å². The van der Waals surface area contributed by atoms with Gasteiger partial charge < -0.3 is 14.8 Å². The highest BCUT2D eigenvalue weighted by Crippen LogP contribution is 2.49. The van der Waals surface area contributed by atoms with E-state index in [1.807, 2.05) is 6.08 Å². The third-order valence-electron chi connectivity index (χ3n) is 2.25. The van der Waals surface area contributed by atoms with E-state index in [1.54, 1.807) is 6.08 Å². The maximum Gasteiger partial charge on any atom is 0.328 e. The number of hydrogen-bond acceptors (Lipinski definition) is 3. The number of hydrogen-bond donors (Lipinski definition) is 1. The first-order valence-corrected chi connectivity index (χ1v) is 3.88. The fourth-order valence-corrected chi connectivity index (χ4v) is 1.53. The molecule has 4 heteroatoms. The maximum atomic E-state index is 10.3. The molecule has 0 aromatic rings. The van der Waals surface area contributed by atoms with Gasteiger partial charge in [0, 0.05) is 6.08 Å². The minimum Gasteiger partial charge on any atom is -0.478 e. The Morgan fingerprint density at radius 3 is 3.23 bits per heavy atom. The predicted octanol–water partition coefficient (Wildman–Crippen LogP) is 0.630. The molecule has 1 heterocycles. The van der Waals surface area contributed by atoms with Crippen molar-refractivity contribution >= 4 is 12.7 Å². The Morgan fingerprint density at radius 1 is 1.92 bits per heavy atom. The fourth-order valence-electron chi connectivity index (χ4n) is 1.53. The van der Waals surface area contributed by atoms with Crippen molar-refractivity contribution in [3.63, 3.8) is 0 Å².